The summed E-state index contributed by atoms with van der Waals surface area (Å²) in [7, 11) is 1.67. The first-order chi connectivity index (χ1) is 13.0. The molecule has 27 heavy (non-hydrogen) atoms. The highest BCUT2D eigenvalue weighted by Crippen LogP contribution is 2.18. The highest BCUT2D eigenvalue weighted by molar-refractivity contribution is 7.71. The third-order valence-electron chi connectivity index (χ3n) is 4.41. The molecule has 5 nitrogen and oxygen atoms in total. The zero-order chi connectivity index (χ0) is 19.4. The van der Waals surface area contributed by atoms with Gasteiger partial charge in [0.15, 0.2) is 10.6 Å². The number of H-pyrrole nitrogens is 1. The Kier molecular flexibility index (Phi) is 5.81. The van der Waals surface area contributed by atoms with Crippen molar-refractivity contribution in [2.24, 2.45) is 0 Å². The van der Waals surface area contributed by atoms with Crippen LogP contribution in [0.25, 0.3) is 11.4 Å². The third kappa shape index (κ3) is 4.49. The van der Waals surface area contributed by atoms with Gasteiger partial charge < -0.3 is 4.90 Å². The number of nitrogens with zero attached hydrogens (tertiary/aromatic N) is 3. The summed E-state index contributed by atoms with van der Waals surface area (Å²) < 4.78 is 16.1. The van der Waals surface area contributed by atoms with Gasteiger partial charge in [-0.2, -0.15) is 5.10 Å². The van der Waals surface area contributed by atoms with E-state index in [9.17, 15) is 9.18 Å². The summed E-state index contributed by atoms with van der Waals surface area (Å²) in [5, 5.41) is 7.08. The Labute approximate surface area is 162 Å². The van der Waals surface area contributed by atoms with E-state index >= 15 is 0 Å². The molecule has 1 heterocycles. The van der Waals surface area contributed by atoms with Crippen molar-refractivity contribution in [3.05, 3.63) is 70.2 Å². The molecule has 0 fully saturated rings. The second kappa shape index (κ2) is 8.26. The first-order valence-corrected chi connectivity index (χ1v) is 9.06. The van der Waals surface area contributed by atoms with E-state index in [1.165, 1.54) is 11.0 Å². The fraction of sp³-hybridized carbons (Fsp3) is 0.250. The number of aromatic nitrogens is 3. The van der Waals surface area contributed by atoms with Gasteiger partial charge in [0.05, 0.1) is 0 Å². The maximum atomic E-state index is 13.8. The quantitative estimate of drug-likeness (QED) is 0.651. The predicted molar refractivity (Wildman–Crippen MR) is 105 cm³/mol. The predicted octanol–water partition coefficient (Wildman–Crippen LogP) is 4.10. The Balaban J connectivity index is 1.69. The minimum absolute atomic E-state index is 0.0868. The molecule has 2 aromatic carbocycles. The molecule has 1 amide bonds. The van der Waals surface area contributed by atoms with Crippen LogP contribution in [0.5, 0.6) is 0 Å². The maximum Gasteiger partial charge on any atom is 0.224 e. The largest absolute Gasteiger partial charge is 0.341 e. The van der Waals surface area contributed by atoms with E-state index in [1.807, 2.05) is 35.8 Å². The molecule has 0 aliphatic carbocycles. The van der Waals surface area contributed by atoms with Crippen molar-refractivity contribution in [1.29, 1.82) is 0 Å². The van der Waals surface area contributed by atoms with Crippen molar-refractivity contribution >= 4 is 18.1 Å². The highest BCUT2D eigenvalue weighted by atomic mass is 32.1. The first kappa shape index (κ1) is 19.0. The van der Waals surface area contributed by atoms with E-state index < -0.39 is 0 Å². The van der Waals surface area contributed by atoms with E-state index in [-0.39, 0.29) is 24.7 Å². The first-order valence-electron chi connectivity index (χ1n) is 8.65. The van der Waals surface area contributed by atoms with Gasteiger partial charge in [-0.3, -0.25) is 14.5 Å². The second-order valence-corrected chi connectivity index (χ2v) is 6.85. The standard InChI is InChI=1S/C20H21FN4OS/c1-14-7-9-15(10-8-14)19-22-23-20(27)25(19)12-11-18(26)24(2)13-16-5-3-4-6-17(16)21/h3-10H,11-13H2,1-2H3,(H,23,27). The number of aromatic amines is 1. The zero-order valence-electron chi connectivity index (χ0n) is 15.3. The van der Waals surface area contributed by atoms with Crippen LogP contribution in [-0.4, -0.2) is 32.6 Å². The van der Waals surface area contributed by atoms with Crippen molar-refractivity contribution < 1.29 is 9.18 Å². The van der Waals surface area contributed by atoms with Crippen LogP contribution in [0.4, 0.5) is 4.39 Å². The highest BCUT2D eigenvalue weighted by Gasteiger charge is 2.14. The number of hydrogen-bond acceptors (Lipinski definition) is 3. The Morgan fingerprint density at radius 3 is 2.63 bits per heavy atom. The second-order valence-electron chi connectivity index (χ2n) is 6.46. The number of nitrogens with one attached hydrogen (secondary N) is 1. The Morgan fingerprint density at radius 1 is 1.22 bits per heavy atom. The number of hydrogen-bond donors (Lipinski definition) is 1. The van der Waals surface area contributed by atoms with Crippen LogP contribution in [0.2, 0.25) is 0 Å². The number of carbonyl (C=O) groups is 1. The van der Waals surface area contributed by atoms with Crippen molar-refractivity contribution in [2.75, 3.05) is 7.05 Å². The van der Waals surface area contributed by atoms with Crippen LogP contribution in [-0.2, 0) is 17.9 Å². The van der Waals surface area contributed by atoms with E-state index in [2.05, 4.69) is 10.2 Å². The lowest BCUT2D eigenvalue weighted by Crippen LogP contribution is -2.27. The van der Waals surface area contributed by atoms with Gasteiger partial charge in [0.2, 0.25) is 5.91 Å². The maximum absolute atomic E-state index is 13.8. The minimum Gasteiger partial charge on any atom is -0.341 e. The van der Waals surface area contributed by atoms with Gasteiger partial charge in [-0.15, -0.1) is 0 Å². The fourth-order valence-electron chi connectivity index (χ4n) is 2.82. The van der Waals surface area contributed by atoms with Gasteiger partial charge in [-0.05, 0) is 25.2 Å². The molecule has 0 spiro atoms. The summed E-state index contributed by atoms with van der Waals surface area (Å²) in [5.74, 6) is 0.302. The molecule has 0 aliphatic heterocycles. The van der Waals surface area contributed by atoms with Gasteiger partial charge in [-0.1, -0.05) is 48.0 Å². The van der Waals surface area contributed by atoms with Gasteiger partial charge in [0, 0.05) is 37.7 Å². The Morgan fingerprint density at radius 2 is 1.93 bits per heavy atom. The van der Waals surface area contributed by atoms with Crippen LogP contribution in [0.1, 0.15) is 17.5 Å². The summed E-state index contributed by atoms with van der Waals surface area (Å²) in [6.07, 6.45) is 0.248. The van der Waals surface area contributed by atoms with Crippen molar-refractivity contribution in [1.82, 2.24) is 19.7 Å². The van der Waals surface area contributed by atoms with Gasteiger partial charge >= 0.3 is 0 Å². The molecule has 0 atom stereocenters. The molecule has 0 unspecified atom stereocenters. The van der Waals surface area contributed by atoms with E-state index in [4.69, 9.17) is 12.2 Å². The van der Waals surface area contributed by atoms with Crippen LogP contribution in [0, 0.1) is 17.5 Å². The van der Waals surface area contributed by atoms with Crippen LogP contribution < -0.4 is 0 Å². The molecule has 0 bridgehead atoms. The van der Waals surface area contributed by atoms with Crippen molar-refractivity contribution in [3.8, 4) is 11.4 Å². The van der Waals surface area contributed by atoms with E-state index in [0.717, 1.165) is 11.1 Å². The number of benzene rings is 2. The minimum atomic E-state index is -0.309. The van der Waals surface area contributed by atoms with Gasteiger partial charge in [0.25, 0.3) is 0 Å². The van der Waals surface area contributed by atoms with Gasteiger partial charge in [0.1, 0.15) is 5.82 Å². The molecule has 140 valence electrons. The molecule has 0 radical (unpaired) electrons. The molecular weight excluding hydrogens is 363 g/mol. The molecule has 0 aliphatic rings. The van der Waals surface area contributed by atoms with Crippen molar-refractivity contribution in [2.45, 2.75) is 26.4 Å². The molecule has 3 aromatic rings. The average Bonchev–Trinajstić information content (AvgIpc) is 3.02. The monoisotopic (exact) mass is 384 g/mol. The SMILES string of the molecule is Cc1ccc(-c2n[nH]c(=S)n2CCC(=O)N(C)Cc2ccccc2F)cc1. The molecule has 3 rings (SSSR count). The number of halogens is 1. The topological polar surface area (TPSA) is 53.9 Å². The van der Waals surface area contributed by atoms with Crippen LogP contribution in [0.15, 0.2) is 48.5 Å². The lowest BCUT2D eigenvalue weighted by atomic mass is 10.1. The van der Waals surface area contributed by atoms with Crippen molar-refractivity contribution in [3.63, 3.8) is 0 Å². The smallest absolute Gasteiger partial charge is 0.224 e. The average molecular weight is 384 g/mol. The summed E-state index contributed by atoms with van der Waals surface area (Å²) in [5.41, 5.74) is 2.58. The summed E-state index contributed by atoms with van der Waals surface area (Å²) in [4.78, 5) is 14.0. The molecule has 1 N–H and O–H groups in total. The number of carbonyl (C=O) groups excluding carboxylic acids is 1. The summed E-state index contributed by atoms with van der Waals surface area (Å²) in [6, 6.07) is 14.4. The lowest BCUT2D eigenvalue weighted by molar-refractivity contribution is -0.130. The van der Waals surface area contributed by atoms with Gasteiger partial charge in [-0.25, -0.2) is 4.39 Å². The Hall–Kier alpha value is -2.80. The molecule has 0 saturated heterocycles. The lowest BCUT2D eigenvalue weighted by Gasteiger charge is -2.18. The third-order valence-corrected chi connectivity index (χ3v) is 4.72. The molecular formula is C20H21FN4OS. The zero-order valence-corrected chi connectivity index (χ0v) is 16.1. The molecule has 1 aromatic heterocycles. The van der Waals surface area contributed by atoms with E-state index in [0.29, 0.717) is 22.7 Å². The van der Waals surface area contributed by atoms with Crippen LogP contribution >= 0.6 is 12.2 Å². The number of amides is 1. The summed E-state index contributed by atoms with van der Waals surface area (Å²) >= 11 is 5.31. The fourth-order valence-corrected chi connectivity index (χ4v) is 3.04. The molecule has 7 heteroatoms. The molecule has 0 saturated carbocycles. The van der Waals surface area contributed by atoms with Crippen LogP contribution in [0.3, 0.4) is 0 Å². The number of aryl methyl sites for hydroxylation is 1. The number of rotatable bonds is 6. The Bertz CT molecular complexity index is 994. The van der Waals surface area contributed by atoms with E-state index in [1.54, 1.807) is 25.2 Å². The normalized spacial score (nSPS) is 10.8. The summed E-state index contributed by atoms with van der Waals surface area (Å²) in [6.45, 7) is 2.65.